The second kappa shape index (κ2) is 13.9. The summed E-state index contributed by atoms with van der Waals surface area (Å²) in [6, 6.07) is 2.81. The van der Waals surface area contributed by atoms with E-state index in [-0.39, 0.29) is 43.0 Å². The average molecular weight is 568 g/mol. The van der Waals surface area contributed by atoms with Crippen molar-refractivity contribution >= 4 is 21.8 Å². The SMILES string of the molecule is COc1cc(C)c(S(=O)(=O)N2CCN(C(C)=O)CC2COCC(=O)N2CCN(CCCN(C)C)CC2)c(C)c1. The molecule has 0 spiro atoms. The van der Waals surface area contributed by atoms with Crippen LogP contribution in [0.4, 0.5) is 0 Å². The van der Waals surface area contributed by atoms with Crippen molar-refractivity contribution in [2.45, 2.75) is 38.1 Å². The van der Waals surface area contributed by atoms with Gasteiger partial charge in [-0.2, -0.15) is 4.31 Å². The summed E-state index contributed by atoms with van der Waals surface area (Å²) >= 11 is 0. The predicted molar refractivity (Wildman–Crippen MR) is 149 cm³/mol. The van der Waals surface area contributed by atoms with Gasteiger partial charge >= 0.3 is 0 Å². The number of aryl methyl sites for hydroxylation is 2. The summed E-state index contributed by atoms with van der Waals surface area (Å²) in [6.07, 6.45) is 1.09. The molecule has 0 aromatic heterocycles. The van der Waals surface area contributed by atoms with Crippen LogP contribution < -0.4 is 4.74 Å². The molecular weight excluding hydrogens is 522 g/mol. The number of hydrogen-bond donors (Lipinski definition) is 0. The highest BCUT2D eigenvalue weighted by Gasteiger charge is 2.38. The minimum atomic E-state index is -3.88. The molecule has 0 bridgehead atoms. The Morgan fingerprint density at radius 3 is 2.18 bits per heavy atom. The van der Waals surface area contributed by atoms with E-state index in [0.717, 1.165) is 32.6 Å². The molecule has 0 N–H and O–H groups in total. The molecule has 39 heavy (non-hydrogen) atoms. The zero-order valence-electron chi connectivity index (χ0n) is 24.3. The number of amides is 2. The van der Waals surface area contributed by atoms with Crippen LogP contribution in [0, 0.1) is 13.8 Å². The summed E-state index contributed by atoms with van der Waals surface area (Å²) < 4.78 is 40.2. The maximum Gasteiger partial charge on any atom is 0.248 e. The number of carbonyl (C=O) groups excluding carboxylic acids is 2. The van der Waals surface area contributed by atoms with Gasteiger partial charge in [0.2, 0.25) is 21.8 Å². The van der Waals surface area contributed by atoms with Crippen molar-refractivity contribution in [2.75, 3.05) is 93.3 Å². The van der Waals surface area contributed by atoms with Gasteiger partial charge in [0.25, 0.3) is 0 Å². The molecule has 11 nitrogen and oxygen atoms in total. The zero-order chi connectivity index (χ0) is 28.7. The van der Waals surface area contributed by atoms with Gasteiger partial charge in [0.15, 0.2) is 0 Å². The molecule has 1 atom stereocenters. The van der Waals surface area contributed by atoms with E-state index in [0.29, 0.717) is 36.5 Å². The molecule has 1 aromatic rings. The molecule has 1 unspecified atom stereocenters. The third-order valence-corrected chi connectivity index (χ3v) is 9.71. The maximum atomic E-state index is 13.8. The van der Waals surface area contributed by atoms with Crippen LogP contribution in [0.15, 0.2) is 17.0 Å². The van der Waals surface area contributed by atoms with Gasteiger partial charge in [0, 0.05) is 52.7 Å². The van der Waals surface area contributed by atoms with Gasteiger partial charge in [0.05, 0.1) is 24.7 Å². The van der Waals surface area contributed by atoms with Crippen molar-refractivity contribution in [3.05, 3.63) is 23.3 Å². The number of nitrogens with zero attached hydrogens (tertiary/aromatic N) is 5. The van der Waals surface area contributed by atoms with Crippen LogP contribution in [-0.2, 0) is 24.3 Å². The normalized spacial score (nSPS) is 19.5. The van der Waals surface area contributed by atoms with Gasteiger partial charge < -0.3 is 24.2 Å². The summed E-state index contributed by atoms with van der Waals surface area (Å²) in [4.78, 5) is 33.2. The first-order valence-corrected chi connectivity index (χ1v) is 15.0. The van der Waals surface area contributed by atoms with Crippen molar-refractivity contribution in [1.82, 2.24) is 23.9 Å². The third-order valence-electron chi connectivity index (χ3n) is 7.45. The number of methoxy groups -OCH3 is 1. The Kier molecular flexibility index (Phi) is 11.1. The summed E-state index contributed by atoms with van der Waals surface area (Å²) in [5.74, 6) is 0.380. The van der Waals surface area contributed by atoms with Crippen LogP contribution in [0.2, 0.25) is 0 Å². The highest BCUT2D eigenvalue weighted by Crippen LogP contribution is 2.30. The van der Waals surface area contributed by atoms with E-state index >= 15 is 0 Å². The molecular formula is C27H45N5O6S. The lowest BCUT2D eigenvalue weighted by Crippen LogP contribution is -2.58. The lowest BCUT2D eigenvalue weighted by atomic mass is 10.1. The molecule has 2 heterocycles. The largest absolute Gasteiger partial charge is 0.497 e. The molecule has 2 aliphatic heterocycles. The fraction of sp³-hybridized carbons (Fsp3) is 0.704. The highest BCUT2D eigenvalue weighted by atomic mass is 32.2. The fourth-order valence-electron chi connectivity index (χ4n) is 5.33. The van der Waals surface area contributed by atoms with Crippen molar-refractivity contribution in [3.8, 4) is 5.75 Å². The van der Waals surface area contributed by atoms with Crippen LogP contribution in [-0.4, -0.2) is 144 Å². The molecule has 2 aliphatic rings. The highest BCUT2D eigenvalue weighted by molar-refractivity contribution is 7.89. The molecule has 0 radical (unpaired) electrons. The average Bonchev–Trinajstić information content (AvgIpc) is 2.88. The Balaban J connectivity index is 1.62. The standard InChI is InChI=1S/C27H45N5O6S/c1-21-16-25(37-6)17-22(2)27(21)39(35,36)32-15-14-31(23(3)33)18-24(32)19-38-20-26(34)30-12-10-29(11-13-30)9-7-8-28(4)5/h16-17,24H,7-15,18-20H2,1-6H3. The first-order chi connectivity index (χ1) is 18.4. The van der Waals surface area contributed by atoms with E-state index in [1.807, 2.05) is 4.90 Å². The van der Waals surface area contributed by atoms with Crippen molar-refractivity contribution in [1.29, 1.82) is 0 Å². The Morgan fingerprint density at radius 2 is 1.62 bits per heavy atom. The van der Waals surface area contributed by atoms with Crippen LogP contribution in [0.3, 0.4) is 0 Å². The summed E-state index contributed by atoms with van der Waals surface area (Å²) in [5, 5.41) is 0. The number of rotatable bonds is 11. The molecule has 2 amide bonds. The van der Waals surface area contributed by atoms with Crippen LogP contribution >= 0.6 is 0 Å². The quantitative estimate of drug-likeness (QED) is 0.384. The van der Waals surface area contributed by atoms with E-state index in [1.165, 1.54) is 11.2 Å². The topological polar surface area (TPSA) is 103 Å². The van der Waals surface area contributed by atoms with Gasteiger partial charge in [-0.15, -0.1) is 0 Å². The molecule has 220 valence electrons. The second-order valence-corrected chi connectivity index (χ2v) is 12.5. The monoisotopic (exact) mass is 567 g/mol. The van der Waals surface area contributed by atoms with E-state index in [2.05, 4.69) is 23.9 Å². The number of ether oxygens (including phenoxy) is 2. The van der Waals surface area contributed by atoms with Crippen LogP contribution in [0.1, 0.15) is 24.5 Å². The molecule has 2 fully saturated rings. The predicted octanol–water partition coefficient (Wildman–Crippen LogP) is 0.646. The van der Waals surface area contributed by atoms with E-state index in [4.69, 9.17) is 9.47 Å². The first-order valence-electron chi connectivity index (χ1n) is 13.6. The Bertz CT molecular complexity index is 1080. The minimum absolute atomic E-state index is 0.0213. The van der Waals surface area contributed by atoms with E-state index in [9.17, 15) is 18.0 Å². The Labute approximate surface area is 233 Å². The number of piperazine rings is 2. The van der Waals surface area contributed by atoms with Crippen LogP contribution in [0.5, 0.6) is 5.75 Å². The third kappa shape index (κ3) is 8.14. The molecule has 3 rings (SSSR count). The Hall–Kier alpha value is -2.25. The number of benzene rings is 1. The second-order valence-electron chi connectivity index (χ2n) is 10.7. The maximum absolute atomic E-state index is 13.8. The lowest BCUT2D eigenvalue weighted by Gasteiger charge is -2.40. The van der Waals surface area contributed by atoms with Crippen molar-refractivity contribution < 1.29 is 27.5 Å². The summed E-state index contributed by atoms with van der Waals surface area (Å²) in [7, 11) is 1.80. The van der Waals surface area contributed by atoms with Gasteiger partial charge in [-0.05, 0) is 70.7 Å². The molecule has 12 heteroatoms. The number of hydrogen-bond acceptors (Lipinski definition) is 8. The molecule has 1 aromatic carbocycles. The van der Waals surface area contributed by atoms with E-state index < -0.39 is 16.1 Å². The van der Waals surface area contributed by atoms with Gasteiger partial charge in [-0.1, -0.05) is 0 Å². The van der Waals surface area contributed by atoms with Gasteiger partial charge in [-0.3, -0.25) is 14.5 Å². The summed E-state index contributed by atoms with van der Waals surface area (Å²) in [5.41, 5.74) is 1.19. The van der Waals surface area contributed by atoms with Gasteiger partial charge in [-0.25, -0.2) is 8.42 Å². The molecule has 2 saturated heterocycles. The van der Waals surface area contributed by atoms with Crippen molar-refractivity contribution in [2.24, 2.45) is 0 Å². The zero-order valence-corrected chi connectivity index (χ0v) is 25.1. The Morgan fingerprint density at radius 1 is 1.00 bits per heavy atom. The number of sulfonamides is 1. The fourth-order valence-corrected chi connectivity index (χ4v) is 7.34. The smallest absolute Gasteiger partial charge is 0.248 e. The van der Waals surface area contributed by atoms with E-state index in [1.54, 1.807) is 38.0 Å². The summed E-state index contributed by atoms with van der Waals surface area (Å²) in [6.45, 7) is 10.6. The molecule has 0 aliphatic carbocycles. The van der Waals surface area contributed by atoms with Gasteiger partial charge in [0.1, 0.15) is 12.4 Å². The first kappa shape index (κ1) is 31.3. The number of carbonyl (C=O) groups is 2. The molecule has 0 saturated carbocycles. The lowest BCUT2D eigenvalue weighted by molar-refractivity contribution is -0.139. The minimum Gasteiger partial charge on any atom is -0.497 e. The van der Waals surface area contributed by atoms with Crippen LogP contribution in [0.25, 0.3) is 0 Å². The van der Waals surface area contributed by atoms with Crippen molar-refractivity contribution in [3.63, 3.8) is 0 Å².